The number of aromatic nitrogens is 3. The van der Waals surface area contributed by atoms with Crippen LogP contribution in [0, 0.1) is 11.8 Å². The summed E-state index contributed by atoms with van der Waals surface area (Å²) in [7, 11) is 0. The third-order valence-electron chi connectivity index (χ3n) is 10.0. The minimum atomic E-state index is 0.113. The molecule has 3 aromatic heterocycles. The van der Waals surface area contributed by atoms with Crippen molar-refractivity contribution in [2.45, 2.75) is 57.4 Å². The highest BCUT2D eigenvalue weighted by Crippen LogP contribution is 2.46. The van der Waals surface area contributed by atoms with Gasteiger partial charge in [-0.25, -0.2) is 4.98 Å². The SMILES string of the molecule is O=C(CC1CCN(C(=O)Cn2ccc3cccnc32)CC1)N1CCC([C@H]2c3ncc(Br)cc3CCc3cc(Cl)cc(Br)c32)CC1. The van der Waals surface area contributed by atoms with Gasteiger partial charge in [0.15, 0.2) is 0 Å². The zero-order chi connectivity index (χ0) is 31.1. The molecule has 1 aliphatic carbocycles. The summed E-state index contributed by atoms with van der Waals surface area (Å²) >= 11 is 14.0. The normalized spacial score (nSPS) is 19.3. The second-order valence-corrected chi connectivity index (χ2v) is 14.9. The third-order valence-corrected chi connectivity index (χ3v) is 11.3. The van der Waals surface area contributed by atoms with Crippen LogP contribution in [0.3, 0.4) is 0 Å². The van der Waals surface area contributed by atoms with Gasteiger partial charge in [-0.2, -0.15) is 0 Å². The van der Waals surface area contributed by atoms with Gasteiger partial charge in [-0.3, -0.25) is 14.6 Å². The van der Waals surface area contributed by atoms with Crippen LogP contribution in [-0.4, -0.2) is 62.3 Å². The maximum Gasteiger partial charge on any atom is 0.242 e. The van der Waals surface area contributed by atoms with Gasteiger partial charge in [-0.05, 0) is 119 Å². The molecule has 5 heterocycles. The summed E-state index contributed by atoms with van der Waals surface area (Å²) in [4.78, 5) is 40.0. The van der Waals surface area contributed by atoms with Crippen molar-refractivity contribution < 1.29 is 9.59 Å². The molecule has 7 nitrogen and oxygen atoms in total. The third kappa shape index (κ3) is 6.45. The number of halogens is 3. The molecule has 10 heteroatoms. The molecule has 2 amide bonds. The Balaban J connectivity index is 0.958. The molecular formula is C35H36Br2ClN5O2. The van der Waals surface area contributed by atoms with E-state index < -0.39 is 0 Å². The Morgan fingerprint density at radius 2 is 1.62 bits per heavy atom. The van der Waals surface area contributed by atoms with Crippen molar-refractivity contribution >= 4 is 66.3 Å². The Kier molecular flexibility index (Phi) is 9.03. The van der Waals surface area contributed by atoms with Crippen LogP contribution in [-0.2, 0) is 29.0 Å². The lowest BCUT2D eigenvalue weighted by Crippen LogP contribution is -2.43. The molecule has 1 atom stereocenters. The molecule has 0 radical (unpaired) electrons. The monoisotopic (exact) mass is 751 g/mol. The second-order valence-electron chi connectivity index (χ2n) is 12.7. The first-order valence-corrected chi connectivity index (χ1v) is 17.9. The van der Waals surface area contributed by atoms with Gasteiger partial charge in [0.25, 0.3) is 0 Å². The van der Waals surface area contributed by atoms with E-state index >= 15 is 0 Å². The molecule has 4 aromatic rings. The van der Waals surface area contributed by atoms with E-state index in [1.165, 1.54) is 16.7 Å². The van der Waals surface area contributed by atoms with E-state index in [1.54, 1.807) is 6.20 Å². The first-order valence-electron chi connectivity index (χ1n) is 15.9. The van der Waals surface area contributed by atoms with Gasteiger partial charge in [-0.1, -0.05) is 27.5 Å². The number of benzene rings is 1. The van der Waals surface area contributed by atoms with Crippen molar-refractivity contribution in [3.8, 4) is 0 Å². The van der Waals surface area contributed by atoms with Crippen molar-refractivity contribution in [3.05, 3.63) is 91.3 Å². The summed E-state index contributed by atoms with van der Waals surface area (Å²) in [5.41, 5.74) is 5.88. The predicted octanol–water partition coefficient (Wildman–Crippen LogP) is 7.41. The second kappa shape index (κ2) is 13.2. The Morgan fingerprint density at radius 3 is 2.42 bits per heavy atom. The lowest BCUT2D eigenvalue weighted by molar-refractivity contribution is -0.135. The number of carbonyl (C=O) groups is 2. The quantitative estimate of drug-likeness (QED) is 0.213. The van der Waals surface area contributed by atoms with E-state index in [0.29, 0.717) is 37.9 Å². The molecule has 2 saturated heterocycles. The summed E-state index contributed by atoms with van der Waals surface area (Å²) in [5.74, 6) is 1.23. The maximum absolute atomic E-state index is 13.5. The number of rotatable bonds is 5. The number of pyridine rings is 2. The lowest BCUT2D eigenvalue weighted by atomic mass is 9.76. The molecule has 234 valence electrons. The first kappa shape index (κ1) is 30.9. The summed E-state index contributed by atoms with van der Waals surface area (Å²) in [6.45, 7) is 3.23. The Hall–Kier alpha value is -2.75. The van der Waals surface area contributed by atoms with E-state index in [2.05, 4.69) is 53.9 Å². The zero-order valence-corrected chi connectivity index (χ0v) is 29.0. The molecule has 0 N–H and O–H groups in total. The molecule has 2 fully saturated rings. The van der Waals surface area contributed by atoms with Gasteiger partial charge < -0.3 is 14.4 Å². The van der Waals surface area contributed by atoms with E-state index in [9.17, 15) is 9.59 Å². The van der Waals surface area contributed by atoms with Crippen LogP contribution in [0.1, 0.15) is 60.4 Å². The summed E-state index contributed by atoms with van der Waals surface area (Å²) in [6.07, 6.45) is 11.6. The average molecular weight is 754 g/mol. The molecule has 2 aliphatic heterocycles. The number of fused-ring (bicyclic) bond motifs is 3. The van der Waals surface area contributed by atoms with Gasteiger partial charge in [0.2, 0.25) is 11.8 Å². The lowest BCUT2D eigenvalue weighted by Gasteiger charge is -2.38. The van der Waals surface area contributed by atoms with Crippen molar-refractivity contribution in [2.24, 2.45) is 11.8 Å². The summed E-state index contributed by atoms with van der Waals surface area (Å²) in [5, 5.41) is 1.79. The fraction of sp³-hybridized carbons (Fsp3) is 0.429. The number of hydrogen-bond acceptors (Lipinski definition) is 4. The minimum absolute atomic E-state index is 0.113. The van der Waals surface area contributed by atoms with E-state index in [1.807, 2.05) is 46.1 Å². The van der Waals surface area contributed by atoms with Crippen molar-refractivity contribution in [1.82, 2.24) is 24.3 Å². The van der Waals surface area contributed by atoms with E-state index in [4.69, 9.17) is 16.6 Å². The molecular weight excluding hydrogens is 718 g/mol. The average Bonchev–Trinajstić information content (AvgIpc) is 3.37. The smallest absolute Gasteiger partial charge is 0.242 e. The van der Waals surface area contributed by atoms with Gasteiger partial charge in [0, 0.05) is 76.5 Å². The Morgan fingerprint density at radius 1 is 0.889 bits per heavy atom. The molecule has 3 aliphatic rings. The van der Waals surface area contributed by atoms with Crippen LogP contribution in [0.25, 0.3) is 11.0 Å². The van der Waals surface area contributed by atoms with Crippen molar-refractivity contribution in [1.29, 1.82) is 0 Å². The Bertz CT molecular complexity index is 1740. The van der Waals surface area contributed by atoms with Crippen LogP contribution in [0.5, 0.6) is 0 Å². The summed E-state index contributed by atoms with van der Waals surface area (Å²) < 4.78 is 3.98. The molecule has 45 heavy (non-hydrogen) atoms. The number of carbonyl (C=O) groups excluding carboxylic acids is 2. The van der Waals surface area contributed by atoms with Gasteiger partial charge in [-0.15, -0.1) is 0 Å². The van der Waals surface area contributed by atoms with Crippen molar-refractivity contribution in [2.75, 3.05) is 26.2 Å². The number of hydrogen-bond donors (Lipinski definition) is 0. The number of amides is 2. The molecule has 0 spiro atoms. The van der Waals surface area contributed by atoms with Gasteiger partial charge >= 0.3 is 0 Å². The summed E-state index contributed by atoms with van der Waals surface area (Å²) in [6, 6.07) is 12.3. The molecule has 1 aromatic carbocycles. The van der Waals surface area contributed by atoms with Crippen LogP contribution >= 0.6 is 43.5 Å². The Labute approximate surface area is 285 Å². The fourth-order valence-corrected chi connectivity index (χ4v) is 9.17. The van der Waals surface area contributed by atoms with Gasteiger partial charge in [0.05, 0.1) is 5.69 Å². The fourth-order valence-electron chi connectivity index (χ4n) is 7.67. The highest BCUT2D eigenvalue weighted by molar-refractivity contribution is 9.10. The molecule has 0 bridgehead atoms. The standard InChI is InChI=1S/C35H36Br2ClN5O2/c36-27-17-26-4-3-25-18-28(38)19-29(37)32(25)33(34(26)40-20-27)23-7-13-41(14-8-23)30(44)16-22-5-11-42(12-6-22)31(45)21-43-15-9-24-2-1-10-39-35(24)43/h1-2,9-10,15,17-20,22-23,33H,3-8,11-14,16,21H2/t33-/m1/s1. The minimum Gasteiger partial charge on any atom is -0.343 e. The molecule has 7 rings (SSSR count). The number of aryl methyl sites for hydroxylation is 2. The number of nitrogens with zero attached hydrogens (tertiary/aromatic N) is 5. The first-order chi connectivity index (χ1) is 21.8. The zero-order valence-electron chi connectivity index (χ0n) is 25.1. The topological polar surface area (TPSA) is 71.3 Å². The van der Waals surface area contributed by atoms with Crippen LogP contribution in [0.2, 0.25) is 5.02 Å². The molecule has 0 saturated carbocycles. The highest BCUT2D eigenvalue weighted by atomic mass is 79.9. The number of likely N-dealkylation sites (tertiary alicyclic amines) is 2. The van der Waals surface area contributed by atoms with E-state index in [0.717, 1.165) is 82.3 Å². The van der Waals surface area contributed by atoms with Crippen molar-refractivity contribution in [3.63, 3.8) is 0 Å². The highest BCUT2D eigenvalue weighted by Gasteiger charge is 2.37. The predicted molar refractivity (Wildman–Crippen MR) is 183 cm³/mol. The van der Waals surface area contributed by atoms with Crippen LogP contribution < -0.4 is 0 Å². The molecule has 0 unspecified atom stereocenters. The maximum atomic E-state index is 13.5. The van der Waals surface area contributed by atoms with Crippen LogP contribution in [0.4, 0.5) is 0 Å². The van der Waals surface area contributed by atoms with E-state index in [-0.39, 0.29) is 17.7 Å². The van der Waals surface area contributed by atoms with Crippen LogP contribution in [0.15, 0.2) is 63.9 Å². The largest absolute Gasteiger partial charge is 0.343 e. The number of piperidine rings is 2. The van der Waals surface area contributed by atoms with Gasteiger partial charge in [0.1, 0.15) is 12.2 Å².